The molecule has 1 aromatic heterocycles. The van der Waals surface area contributed by atoms with E-state index in [0.29, 0.717) is 30.3 Å². The zero-order valence-electron chi connectivity index (χ0n) is 20.1. The van der Waals surface area contributed by atoms with Crippen molar-refractivity contribution < 1.29 is 24.2 Å². The van der Waals surface area contributed by atoms with Crippen molar-refractivity contribution in [2.24, 2.45) is 11.8 Å². The quantitative estimate of drug-likeness (QED) is 0.431. The molecule has 34 heavy (non-hydrogen) atoms. The van der Waals surface area contributed by atoms with Gasteiger partial charge in [0.05, 0.1) is 5.92 Å². The average Bonchev–Trinajstić information content (AvgIpc) is 3.30. The van der Waals surface area contributed by atoms with Crippen molar-refractivity contribution in [2.45, 2.75) is 64.8 Å². The number of aliphatic carboxylic acids is 2. The number of carboxylic acid groups (broad SMARTS) is 2. The van der Waals surface area contributed by atoms with Crippen LogP contribution in [0.5, 0.6) is 0 Å². The van der Waals surface area contributed by atoms with Gasteiger partial charge in [0.15, 0.2) is 5.82 Å². The summed E-state index contributed by atoms with van der Waals surface area (Å²) in [4.78, 5) is 21.0. The molecule has 1 unspecified atom stereocenters. The van der Waals surface area contributed by atoms with E-state index in [1.807, 2.05) is 33.0 Å². The molecular weight excluding hydrogens is 441 g/mol. The second-order valence-corrected chi connectivity index (χ2v) is 8.98. The maximum absolute atomic E-state index is 15.0. The Hall–Kier alpha value is -3.14. The van der Waals surface area contributed by atoms with E-state index < -0.39 is 23.8 Å². The Balaban J connectivity index is 0.000000945. The number of rotatable bonds is 9. The molecule has 0 bridgehead atoms. The molecule has 2 aromatic rings. The Labute approximate surface area is 198 Å². The zero-order chi connectivity index (χ0) is 25.3. The van der Waals surface area contributed by atoms with Crippen LogP contribution in [0.3, 0.4) is 0 Å². The van der Waals surface area contributed by atoms with Gasteiger partial charge >= 0.3 is 5.97 Å². The van der Waals surface area contributed by atoms with Crippen molar-refractivity contribution in [3.8, 4) is 0 Å². The fourth-order valence-electron chi connectivity index (χ4n) is 4.23. The van der Waals surface area contributed by atoms with Crippen molar-refractivity contribution in [3.63, 3.8) is 0 Å². The number of aromatic nitrogens is 4. The molecule has 0 radical (unpaired) electrons. The van der Waals surface area contributed by atoms with Crippen LogP contribution in [-0.2, 0) is 16.0 Å². The Morgan fingerprint density at radius 2 is 2.00 bits per heavy atom. The van der Waals surface area contributed by atoms with Gasteiger partial charge in [-0.05, 0) is 62.3 Å². The molecule has 0 saturated carbocycles. The first-order chi connectivity index (χ1) is 16.1. The molecule has 0 aliphatic heterocycles. The number of allylic oxidation sites excluding steroid dienone is 1. The molecule has 1 aliphatic carbocycles. The van der Waals surface area contributed by atoms with Crippen LogP contribution in [0.15, 0.2) is 24.3 Å². The highest BCUT2D eigenvalue weighted by molar-refractivity contribution is 5.71. The third-order valence-electron chi connectivity index (χ3n) is 5.88. The topological polar surface area (TPSA) is 141 Å². The van der Waals surface area contributed by atoms with Crippen LogP contribution in [0, 0.1) is 17.7 Å². The number of hydrogen-bond acceptors (Lipinski definition) is 6. The van der Waals surface area contributed by atoms with Crippen molar-refractivity contribution in [3.05, 3.63) is 47.0 Å². The van der Waals surface area contributed by atoms with Crippen molar-refractivity contribution in [2.75, 3.05) is 7.05 Å². The predicted octanol–water partition coefficient (Wildman–Crippen LogP) is 3.66. The third kappa shape index (κ3) is 8.02. The van der Waals surface area contributed by atoms with E-state index in [2.05, 4.69) is 32.0 Å². The SMILES string of the molecule is CC(=O)O.CNC1CC=C(c2ccc(C[C@H](c3nn[nH]n3)[C@H](CC(C)C)C(=O)O)cc2F)CC1. The first-order valence-corrected chi connectivity index (χ1v) is 11.4. The van der Waals surface area contributed by atoms with Crippen molar-refractivity contribution in [1.82, 2.24) is 25.9 Å². The van der Waals surface area contributed by atoms with Gasteiger partial charge in [-0.15, -0.1) is 10.2 Å². The summed E-state index contributed by atoms with van der Waals surface area (Å²) in [6, 6.07) is 5.65. The number of halogens is 1. The number of aromatic amines is 1. The summed E-state index contributed by atoms with van der Waals surface area (Å²) in [5.74, 6) is -2.63. The summed E-state index contributed by atoms with van der Waals surface area (Å²) in [7, 11) is 1.95. The fraction of sp³-hybridized carbons (Fsp3) is 0.542. The highest BCUT2D eigenvalue weighted by Crippen LogP contribution is 2.33. The Morgan fingerprint density at radius 3 is 2.47 bits per heavy atom. The molecule has 10 heteroatoms. The van der Waals surface area contributed by atoms with Crippen molar-refractivity contribution in [1.29, 1.82) is 0 Å². The van der Waals surface area contributed by atoms with Gasteiger partial charge in [0, 0.05) is 24.4 Å². The van der Waals surface area contributed by atoms with Crippen molar-refractivity contribution >= 4 is 17.5 Å². The largest absolute Gasteiger partial charge is 0.481 e. The van der Waals surface area contributed by atoms with Crippen LogP contribution in [-0.4, -0.2) is 55.9 Å². The van der Waals surface area contributed by atoms with E-state index in [0.717, 1.165) is 37.3 Å². The van der Waals surface area contributed by atoms with Gasteiger partial charge in [-0.3, -0.25) is 9.59 Å². The first-order valence-electron chi connectivity index (χ1n) is 11.4. The number of H-pyrrole nitrogens is 1. The number of nitrogens with zero attached hydrogens (tertiary/aromatic N) is 3. The molecule has 1 aliphatic rings. The van der Waals surface area contributed by atoms with E-state index >= 15 is 0 Å². The zero-order valence-corrected chi connectivity index (χ0v) is 20.1. The number of carbonyl (C=O) groups is 2. The molecule has 4 N–H and O–H groups in total. The van der Waals surface area contributed by atoms with Crippen LogP contribution in [0.4, 0.5) is 4.39 Å². The lowest BCUT2D eigenvalue weighted by Gasteiger charge is -2.24. The number of benzene rings is 1. The van der Waals surface area contributed by atoms with E-state index in [4.69, 9.17) is 9.90 Å². The number of nitrogens with one attached hydrogen (secondary N) is 2. The average molecular weight is 476 g/mol. The standard InChI is InChI=1S/C22H30FN5O2.C2H4O2/c1-13(2)10-19(22(29)30)18(21-25-27-28-26-21)11-14-4-9-17(20(23)12-14)15-5-7-16(24-3)8-6-15;1-2(3)4/h4-5,9,12-13,16,18-19,24H,6-8,10-11H2,1-3H3,(H,29,30)(H,25,26,27,28);1H3,(H,3,4)/t16?,18-,19-;/m0./s1. The van der Waals surface area contributed by atoms with Gasteiger partial charge in [0.25, 0.3) is 5.97 Å². The van der Waals surface area contributed by atoms with Gasteiger partial charge in [-0.1, -0.05) is 37.3 Å². The second kappa shape index (κ2) is 12.9. The summed E-state index contributed by atoms with van der Waals surface area (Å²) in [5, 5.41) is 34.6. The van der Waals surface area contributed by atoms with Gasteiger partial charge in [-0.2, -0.15) is 5.21 Å². The normalized spacial score (nSPS) is 17.4. The molecular formula is C24H34FN5O4. The summed E-state index contributed by atoms with van der Waals surface area (Å²) in [6.07, 6.45) is 5.63. The van der Waals surface area contributed by atoms with E-state index in [1.54, 1.807) is 0 Å². The molecule has 0 spiro atoms. The minimum Gasteiger partial charge on any atom is -0.481 e. The predicted molar refractivity (Wildman–Crippen MR) is 126 cm³/mol. The molecule has 0 amide bonds. The summed E-state index contributed by atoms with van der Waals surface area (Å²) in [5.41, 5.74) is 2.38. The van der Waals surface area contributed by atoms with E-state index in [9.17, 15) is 14.3 Å². The number of tetrazole rings is 1. The van der Waals surface area contributed by atoms with Gasteiger partial charge < -0.3 is 15.5 Å². The highest BCUT2D eigenvalue weighted by Gasteiger charge is 2.33. The molecule has 3 rings (SSSR count). The molecule has 9 nitrogen and oxygen atoms in total. The summed E-state index contributed by atoms with van der Waals surface area (Å²) < 4.78 is 15.0. The molecule has 1 heterocycles. The smallest absolute Gasteiger partial charge is 0.307 e. The van der Waals surface area contributed by atoms with Crippen LogP contribution in [0.25, 0.3) is 5.57 Å². The lowest BCUT2D eigenvalue weighted by atomic mass is 9.81. The molecule has 0 saturated heterocycles. The molecule has 0 fully saturated rings. The van der Waals surface area contributed by atoms with Crippen LogP contribution < -0.4 is 5.32 Å². The second-order valence-electron chi connectivity index (χ2n) is 8.98. The monoisotopic (exact) mass is 475 g/mol. The van der Waals surface area contributed by atoms with Crippen LogP contribution in [0.2, 0.25) is 0 Å². The number of carboxylic acids is 2. The van der Waals surface area contributed by atoms with Gasteiger partial charge in [0.1, 0.15) is 5.82 Å². The third-order valence-corrected chi connectivity index (χ3v) is 5.88. The first kappa shape index (κ1) is 27.1. The maximum Gasteiger partial charge on any atom is 0.307 e. The lowest BCUT2D eigenvalue weighted by molar-refractivity contribution is -0.143. The minimum absolute atomic E-state index is 0.194. The fourth-order valence-corrected chi connectivity index (χ4v) is 4.23. The summed E-state index contributed by atoms with van der Waals surface area (Å²) in [6.45, 7) is 5.04. The van der Waals surface area contributed by atoms with Crippen LogP contribution >= 0.6 is 0 Å². The minimum atomic E-state index is -0.901. The van der Waals surface area contributed by atoms with E-state index in [-0.39, 0.29) is 11.7 Å². The Morgan fingerprint density at radius 1 is 1.29 bits per heavy atom. The summed E-state index contributed by atoms with van der Waals surface area (Å²) >= 11 is 0. The lowest BCUT2D eigenvalue weighted by Crippen LogP contribution is -2.26. The maximum atomic E-state index is 15.0. The van der Waals surface area contributed by atoms with E-state index in [1.165, 1.54) is 6.07 Å². The Kier molecular flexibility index (Phi) is 10.3. The van der Waals surface area contributed by atoms with Gasteiger partial charge in [0.2, 0.25) is 0 Å². The van der Waals surface area contributed by atoms with Crippen LogP contribution in [0.1, 0.15) is 69.3 Å². The Bertz CT molecular complexity index is 974. The molecule has 186 valence electrons. The number of hydrogen-bond donors (Lipinski definition) is 4. The van der Waals surface area contributed by atoms with Gasteiger partial charge in [-0.25, -0.2) is 4.39 Å². The highest BCUT2D eigenvalue weighted by atomic mass is 19.1. The molecule has 1 aromatic carbocycles. The molecule has 3 atom stereocenters.